The van der Waals surface area contributed by atoms with Crippen LogP contribution in [0.5, 0.6) is 0 Å². The summed E-state index contributed by atoms with van der Waals surface area (Å²) >= 11 is 0. The number of amides is 2. The second-order valence-electron chi connectivity index (χ2n) is 6.77. The van der Waals surface area contributed by atoms with Crippen LogP contribution in [0, 0.1) is 23.4 Å². The van der Waals surface area contributed by atoms with Gasteiger partial charge in [-0.05, 0) is 42.7 Å². The van der Waals surface area contributed by atoms with Gasteiger partial charge < -0.3 is 10.2 Å². The highest BCUT2D eigenvalue weighted by Crippen LogP contribution is 2.15. The number of rotatable bonds is 7. The van der Waals surface area contributed by atoms with Crippen LogP contribution in [0.15, 0.2) is 42.5 Å². The third-order valence-electron chi connectivity index (χ3n) is 4.36. The Balaban J connectivity index is 2.21. The normalized spacial score (nSPS) is 12.0. The largest absolute Gasteiger partial charge is 0.340 e. The molecule has 0 aliphatic carbocycles. The van der Waals surface area contributed by atoms with Gasteiger partial charge in [0, 0.05) is 13.1 Å². The summed E-state index contributed by atoms with van der Waals surface area (Å²) in [5.41, 5.74) is -0.127. The molecule has 28 heavy (non-hydrogen) atoms. The van der Waals surface area contributed by atoms with Crippen LogP contribution in [0.2, 0.25) is 0 Å². The van der Waals surface area contributed by atoms with Crippen LogP contribution in [0.3, 0.4) is 0 Å². The predicted octanol–water partition coefficient (Wildman–Crippen LogP) is 3.91. The molecule has 7 heteroatoms. The molecule has 0 aromatic heterocycles. The molecule has 0 fully saturated rings. The maximum Gasteiger partial charge on any atom is 0.257 e. The number of nitrogens with zero attached hydrogens (tertiary/aromatic N) is 1. The van der Waals surface area contributed by atoms with Crippen LogP contribution in [0.4, 0.5) is 13.2 Å². The number of likely N-dealkylation sites (N-methyl/N-ethyl adjacent to an activating group) is 1. The SMILES string of the molecule is CCN(Cc1cccc(F)c1)C(=O)[C@@H](NC(=O)c1c(F)cccc1F)C(C)C. The Labute approximate surface area is 162 Å². The van der Waals surface area contributed by atoms with E-state index < -0.39 is 40.9 Å². The molecule has 2 amide bonds. The van der Waals surface area contributed by atoms with Gasteiger partial charge in [-0.2, -0.15) is 0 Å². The molecule has 0 bridgehead atoms. The van der Waals surface area contributed by atoms with Gasteiger partial charge in [0.1, 0.15) is 29.1 Å². The lowest BCUT2D eigenvalue weighted by atomic mass is 10.0. The highest BCUT2D eigenvalue weighted by Gasteiger charge is 2.30. The van der Waals surface area contributed by atoms with E-state index in [-0.39, 0.29) is 12.5 Å². The molecule has 0 radical (unpaired) electrons. The number of benzene rings is 2. The summed E-state index contributed by atoms with van der Waals surface area (Å²) in [7, 11) is 0. The zero-order chi connectivity index (χ0) is 20.8. The first-order valence-electron chi connectivity index (χ1n) is 9.02. The lowest BCUT2D eigenvalue weighted by Crippen LogP contribution is -2.51. The Morgan fingerprint density at radius 3 is 2.18 bits per heavy atom. The van der Waals surface area contributed by atoms with E-state index in [4.69, 9.17) is 0 Å². The van der Waals surface area contributed by atoms with Crippen LogP contribution >= 0.6 is 0 Å². The van der Waals surface area contributed by atoms with Gasteiger partial charge in [-0.25, -0.2) is 13.2 Å². The molecule has 0 aliphatic rings. The third kappa shape index (κ3) is 5.12. The van der Waals surface area contributed by atoms with Gasteiger partial charge >= 0.3 is 0 Å². The first kappa shape index (κ1) is 21.5. The fourth-order valence-electron chi connectivity index (χ4n) is 2.84. The molecule has 2 rings (SSSR count). The summed E-state index contributed by atoms with van der Waals surface area (Å²) in [5, 5.41) is 2.44. The summed E-state index contributed by atoms with van der Waals surface area (Å²) in [6, 6.07) is 8.00. The summed E-state index contributed by atoms with van der Waals surface area (Å²) in [4.78, 5) is 26.8. The first-order valence-corrected chi connectivity index (χ1v) is 9.02. The minimum Gasteiger partial charge on any atom is -0.340 e. The van der Waals surface area contributed by atoms with Crippen LogP contribution in [0.1, 0.15) is 36.7 Å². The molecule has 0 heterocycles. The van der Waals surface area contributed by atoms with Crippen molar-refractivity contribution in [3.8, 4) is 0 Å². The van der Waals surface area contributed by atoms with E-state index in [0.717, 1.165) is 18.2 Å². The fraction of sp³-hybridized carbons (Fsp3) is 0.333. The highest BCUT2D eigenvalue weighted by atomic mass is 19.1. The summed E-state index contributed by atoms with van der Waals surface area (Å²) in [5.74, 6) is -4.15. The average molecular weight is 392 g/mol. The van der Waals surface area contributed by atoms with Crippen molar-refractivity contribution in [2.24, 2.45) is 5.92 Å². The van der Waals surface area contributed by atoms with Crippen molar-refractivity contribution in [3.05, 3.63) is 71.0 Å². The quantitative estimate of drug-likeness (QED) is 0.777. The van der Waals surface area contributed by atoms with Crippen molar-refractivity contribution in [1.29, 1.82) is 0 Å². The van der Waals surface area contributed by atoms with Crippen LogP contribution in [-0.2, 0) is 11.3 Å². The van der Waals surface area contributed by atoms with Crippen molar-refractivity contribution in [2.75, 3.05) is 6.54 Å². The Morgan fingerprint density at radius 1 is 1.04 bits per heavy atom. The second-order valence-corrected chi connectivity index (χ2v) is 6.77. The minimum absolute atomic E-state index is 0.153. The summed E-state index contributed by atoms with van der Waals surface area (Å²) in [6.45, 7) is 5.67. The molecule has 2 aromatic carbocycles. The molecule has 1 N–H and O–H groups in total. The van der Waals surface area contributed by atoms with E-state index >= 15 is 0 Å². The molecule has 0 spiro atoms. The lowest BCUT2D eigenvalue weighted by Gasteiger charge is -2.29. The fourth-order valence-corrected chi connectivity index (χ4v) is 2.84. The second kappa shape index (κ2) is 9.39. The Kier molecular flexibility index (Phi) is 7.20. The highest BCUT2D eigenvalue weighted by molar-refractivity contribution is 5.98. The Hall–Kier alpha value is -2.83. The Bertz CT molecular complexity index is 835. The molecule has 150 valence electrons. The van der Waals surface area contributed by atoms with Crippen molar-refractivity contribution in [3.63, 3.8) is 0 Å². The van der Waals surface area contributed by atoms with Gasteiger partial charge in [0.25, 0.3) is 5.91 Å². The van der Waals surface area contributed by atoms with E-state index in [1.807, 2.05) is 0 Å². The molecule has 0 unspecified atom stereocenters. The van der Waals surface area contributed by atoms with Crippen LogP contribution in [-0.4, -0.2) is 29.3 Å². The minimum atomic E-state index is -1.00. The summed E-state index contributed by atoms with van der Waals surface area (Å²) < 4.78 is 41.2. The Morgan fingerprint density at radius 2 is 1.64 bits per heavy atom. The van der Waals surface area contributed by atoms with E-state index in [9.17, 15) is 22.8 Å². The monoisotopic (exact) mass is 392 g/mol. The molecule has 0 saturated heterocycles. The topological polar surface area (TPSA) is 49.4 Å². The maximum atomic E-state index is 13.9. The molecular formula is C21H23F3N2O2. The van der Waals surface area contributed by atoms with Gasteiger partial charge in [-0.15, -0.1) is 0 Å². The van der Waals surface area contributed by atoms with Gasteiger partial charge in [0.05, 0.1) is 0 Å². The number of carbonyl (C=O) groups is 2. The number of hydrogen-bond acceptors (Lipinski definition) is 2. The summed E-state index contributed by atoms with van der Waals surface area (Å²) in [6.07, 6.45) is 0. The lowest BCUT2D eigenvalue weighted by molar-refractivity contribution is -0.134. The molecule has 1 atom stereocenters. The first-order chi connectivity index (χ1) is 13.2. The standard InChI is InChI=1S/C21H23F3N2O2/c1-4-26(12-14-7-5-8-15(22)11-14)21(28)19(13(2)3)25-20(27)18-16(23)9-6-10-17(18)24/h5-11,13,19H,4,12H2,1-3H3,(H,25,27)/t19-/m0/s1. The van der Waals surface area contributed by atoms with Crippen molar-refractivity contribution in [1.82, 2.24) is 10.2 Å². The van der Waals surface area contributed by atoms with Crippen molar-refractivity contribution in [2.45, 2.75) is 33.4 Å². The molecule has 0 aliphatic heterocycles. The molecule has 4 nitrogen and oxygen atoms in total. The molecule has 2 aromatic rings. The van der Waals surface area contributed by atoms with Gasteiger partial charge in [-0.3, -0.25) is 9.59 Å². The molecule has 0 saturated carbocycles. The average Bonchev–Trinajstić information content (AvgIpc) is 2.63. The van der Waals surface area contributed by atoms with Crippen molar-refractivity contribution >= 4 is 11.8 Å². The van der Waals surface area contributed by atoms with E-state index in [1.165, 1.54) is 17.0 Å². The number of nitrogens with one attached hydrogen (secondary N) is 1. The van der Waals surface area contributed by atoms with Gasteiger partial charge in [0.15, 0.2) is 0 Å². The number of hydrogen-bond donors (Lipinski definition) is 1. The zero-order valence-corrected chi connectivity index (χ0v) is 16.0. The third-order valence-corrected chi connectivity index (χ3v) is 4.36. The zero-order valence-electron chi connectivity index (χ0n) is 16.0. The smallest absolute Gasteiger partial charge is 0.257 e. The molecular weight excluding hydrogens is 369 g/mol. The van der Waals surface area contributed by atoms with Gasteiger partial charge in [-0.1, -0.05) is 32.0 Å². The predicted molar refractivity (Wildman–Crippen MR) is 99.9 cm³/mol. The van der Waals surface area contributed by atoms with Gasteiger partial charge in [0.2, 0.25) is 5.91 Å². The number of carbonyl (C=O) groups excluding carboxylic acids is 2. The maximum absolute atomic E-state index is 13.9. The number of halogens is 3. The van der Waals surface area contributed by atoms with Crippen molar-refractivity contribution < 1.29 is 22.8 Å². The van der Waals surface area contributed by atoms with E-state index in [2.05, 4.69) is 5.32 Å². The van der Waals surface area contributed by atoms with Crippen LogP contribution in [0.25, 0.3) is 0 Å². The van der Waals surface area contributed by atoms with E-state index in [0.29, 0.717) is 12.1 Å². The van der Waals surface area contributed by atoms with E-state index in [1.54, 1.807) is 32.9 Å². The van der Waals surface area contributed by atoms with Crippen LogP contribution < -0.4 is 5.32 Å².